The minimum absolute atomic E-state index is 0.0692. The summed E-state index contributed by atoms with van der Waals surface area (Å²) >= 11 is 0. The second-order valence-corrected chi connectivity index (χ2v) is 7.25. The van der Waals surface area contributed by atoms with E-state index in [0.29, 0.717) is 22.5 Å². The first kappa shape index (κ1) is 19.3. The van der Waals surface area contributed by atoms with Gasteiger partial charge < -0.3 is 9.88 Å². The Balaban J connectivity index is 2.00. The topological polar surface area (TPSA) is 53.2 Å². The highest BCUT2D eigenvalue weighted by molar-refractivity contribution is 6.02. The fourth-order valence-electron chi connectivity index (χ4n) is 4.07. The minimum Gasteiger partial charge on any atom is -0.354 e. The predicted molar refractivity (Wildman–Crippen MR) is 98.8 cm³/mol. The second kappa shape index (κ2) is 7.62. The van der Waals surface area contributed by atoms with Gasteiger partial charge in [-0.15, -0.1) is 0 Å². The van der Waals surface area contributed by atoms with Crippen LogP contribution in [0.25, 0.3) is 0 Å². The number of rotatable bonds is 5. The van der Waals surface area contributed by atoms with Crippen LogP contribution in [0.4, 0.5) is 8.78 Å². The molecule has 4 nitrogen and oxygen atoms in total. The van der Waals surface area contributed by atoms with Crippen molar-refractivity contribution in [2.45, 2.75) is 59.0 Å². The largest absolute Gasteiger partial charge is 0.354 e. The van der Waals surface area contributed by atoms with E-state index < -0.39 is 11.6 Å². The van der Waals surface area contributed by atoms with Crippen LogP contribution in [0.3, 0.4) is 0 Å². The normalized spacial score (nSPS) is 14.6. The predicted octanol–water partition coefficient (Wildman–Crippen LogP) is 4.70. The summed E-state index contributed by atoms with van der Waals surface area (Å²) in [5.41, 5.74) is 1.93. The van der Waals surface area contributed by atoms with Gasteiger partial charge in [-0.2, -0.15) is 0 Å². The molecule has 0 bridgehead atoms. The van der Waals surface area contributed by atoms with Crippen LogP contribution in [0.15, 0.2) is 18.2 Å². The van der Waals surface area contributed by atoms with Crippen molar-refractivity contribution in [1.29, 1.82) is 0 Å². The Morgan fingerprint density at radius 1 is 1.15 bits per heavy atom. The molecule has 1 aromatic heterocycles. The van der Waals surface area contributed by atoms with E-state index in [4.69, 9.17) is 0 Å². The maximum atomic E-state index is 14.2. The average molecular weight is 374 g/mol. The van der Waals surface area contributed by atoms with E-state index >= 15 is 0 Å². The van der Waals surface area contributed by atoms with Crippen molar-refractivity contribution in [3.8, 4) is 0 Å². The summed E-state index contributed by atoms with van der Waals surface area (Å²) < 4.78 is 28.4. The molecule has 1 fully saturated rings. The molecule has 0 saturated heterocycles. The highest BCUT2D eigenvalue weighted by atomic mass is 19.1. The molecule has 0 spiro atoms. The van der Waals surface area contributed by atoms with Crippen molar-refractivity contribution >= 4 is 11.7 Å². The van der Waals surface area contributed by atoms with Gasteiger partial charge in [0.25, 0.3) is 5.91 Å². The first-order chi connectivity index (χ1) is 12.8. The van der Waals surface area contributed by atoms with Crippen LogP contribution in [0.5, 0.6) is 0 Å². The number of aryl methyl sites for hydroxylation is 1. The fraction of sp³-hybridized carbons (Fsp3) is 0.429. The maximum Gasteiger partial charge on any atom is 0.271 e. The first-order valence-corrected chi connectivity index (χ1v) is 9.25. The first-order valence-electron chi connectivity index (χ1n) is 9.25. The maximum absolute atomic E-state index is 14.2. The Bertz CT molecular complexity index is 862. The van der Waals surface area contributed by atoms with Gasteiger partial charge in [-0.1, -0.05) is 18.9 Å². The van der Waals surface area contributed by atoms with Gasteiger partial charge in [-0.3, -0.25) is 9.59 Å². The third-order valence-electron chi connectivity index (χ3n) is 5.42. The van der Waals surface area contributed by atoms with Crippen LogP contribution >= 0.6 is 0 Å². The molecular weight excluding hydrogens is 350 g/mol. The summed E-state index contributed by atoms with van der Waals surface area (Å²) in [7, 11) is 0. The van der Waals surface area contributed by atoms with Gasteiger partial charge in [0, 0.05) is 22.9 Å². The monoisotopic (exact) mass is 374 g/mol. The van der Waals surface area contributed by atoms with Gasteiger partial charge in [-0.05, 0) is 51.3 Å². The number of hydrogen-bond donors (Lipinski definition) is 1. The van der Waals surface area contributed by atoms with Crippen LogP contribution in [-0.2, 0) is 6.54 Å². The number of hydrogen-bond acceptors (Lipinski definition) is 2. The van der Waals surface area contributed by atoms with E-state index in [9.17, 15) is 18.4 Å². The number of amides is 1. The smallest absolute Gasteiger partial charge is 0.271 e. The number of ketones is 1. The number of Topliss-reactive ketones (excluding diaryl/α,β-unsaturated/α-hetero) is 1. The van der Waals surface area contributed by atoms with Gasteiger partial charge in [0.1, 0.15) is 17.3 Å². The highest BCUT2D eigenvalue weighted by Crippen LogP contribution is 2.29. The van der Waals surface area contributed by atoms with Gasteiger partial charge >= 0.3 is 0 Å². The molecule has 1 aliphatic carbocycles. The minimum atomic E-state index is -0.658. The Kier molecular flexibility index (Phi) is 5.44. The number of halogens is 2. The lowest BCUT2D eigenvalue weighted by atomic mass is 10.1. The average Bonchev–Trinajstić information content (AvgIpc) is 3.22. The lowest BCUT2D eigenvalue weighted by Crippen LogP contribution is -2.39. The van der Waals surface area contributed by atoms with Gasteiger partial charge in [-0.25, -0.2) is 8.78 Å². The molecule has 1 aromatic carbocycles. The van der Waals surface area contributed by atoms with E-state index in [1.165, 1.54) is 25.1 Å². The molecule has 1 heterocycles. The molecule has 144 valence electrons. The van der Waals surface area contributed by atoms with E-state index in [1.54, 1.807) is 18.7 Å². The number of carbonyl (C=O) groups is 2. The molecular formula is C21H24F2N2O2. The molecule has 0 unspecified atom stereocenters. The van der Waals surface area contributed by atoms with E-state index in [-0.39, 0.29) is 29.8 Å². The van der Waals surface area contributed by atoms with Gasteiger partial charge in [0.15, 0.2) is 5.78 Å². The molecule has 1 saturated carbocycles. The van der Waals surface area contributed by atoms with Crippen molar-refractivity contribution in [2.75, 3.05) is 0 Å². The number of aromatic nitrogens is 1. The van der Waals surface area contributed by atoms with Gasteiger partial charge in [0.05, 0.1) is 6.54 Å². The van der Waals surface area contributed by atoms with Crippen LogP contribution in [0, 0.1) is 25.5 Å². The Labute approximate surface area is 157 Å². The molecule has 0 radical (unpaired) electrons. The summed E-state index contributed by atoms with van der Waals surface area (Å²) in [5.74, 6) is -1.75. The number of H-pyrrole nitrogens is 1. The standard InChI is InChI=1S/C21H24F2N2O2/c1-12-19(14(3)26)13(2)24-20(12)21(27)25(15-7-4-5-8-15)11-16-17(22)9-6-10-18(16)23/h6,9-10,15,24H,4-5,7-8,11H2,1-3H3. The Hall–Kier alpha value is -2.50. The van der Waals surface area contributed by atoms with Crippen molar-refractivity contribution in [1.82, 2.24) is 9.88 Å². The number of aromatic amines is 1. The molecule has 0 atom stereocenters. The van der Waals surface area contributed by atoms with Crippen molar-refractivity contribution in [3.05, 3.63) is 57.9 Å². The zero-order chi connectivity index (χ0) is 19.7. The SMILES string of the molecule is CC(=O)c1c(C)[nH]c(C(=O)N(Cc2c(F)cccc2F)C2CCCC2)c1C. The lowest BCUT2D eigenvalue weighted by Gasteiger charge is -2.29. The lowest BCUT2D eigenvalue weighted by molar-refractivity contribution is 0.0653. The second-order valence-electron chi connectivity index (χ2n) is 7.25. The van der Waals surface area contributed by atoms with Crippen molar-refractivity contribution in [3.63, 3.8) is 0 Å². The summed E-state index contributed by atoms with van der Waals surface area (Å²) in [6.45, 7) is 4.80. The van der Waals surface area contributed by atoms with Crippen molar-refractivity contribution < 1.29 is 18.4 Å². The van der Waals surface area contributed by atoms with Crippen LogP contribution in [-0.4, -0.2) is 27.6 Å². The molecule has 2 aromatic rings. The molecule has 0 aliphatic heterocycles. The van der Waals surface area contributed by atoms with E-state index in [1.807, 2.05) is 0 Å². The number of nitrogens with zero attached hydrogens (tertiary/aromatic N) is 1. The molecule has 6 heteroatoms. The van der Waals surface area contributed by atoms with Crippen LogP contribution in [0.2, 0.25) is 0 Å². The third kappa shape index (κ3) is 3.66. The summed E-state index contributed by atoms with van der Waals surface area (Å²) in [6.07, 6.45) is 3.57. The molecule has 27 heavy (non-hydrogen) atoms. The number of carbonyl (C=O) groups excluding carboxylic acids is 2. The Morgan fingerprint density at radius 3 is 2.26 bits per heavy atom. The number of nitrogens with one attached hydrogen (secondary N) is 1. The third-order valence-corrected chi connectivity index (χ3v) is 5.42. The summed E-state index contributed by atoms with van der Waals surface area (Å²) in [4.78, 5) is 29.8. The molecule has 1 aliphatic rings. The molecule has 1 N–H and O–H groups in total. The molecule has 3 rings (SSSR count). The number of benzene rings is 1. The Morgan fingerprint density at radius 2 is 1.74 bits per heavy atom. The van der Waals surface area contributed by atoms with E-state index in [0.717, 1.165) is 25.7 Å². The van der Waals surface area contributed by atoms with Crippen LogP contribution in [0.1, 0.15) is 70.3 Å². The van der Waals surface area contributed by atoms with Crippen molar-refractivity contribution in [2.24, 2.45) is 0 Å². The molecule has 1 amide bonds. The van der Waals surface area contributed by atoms with E-state index in [2.05, 4.69) is 4.98 Å². The van der Waals surface area contributed by atoms with Crippen LogP contribution < -0.4 is 0 Å². The van der Waals surface area contributed by atoms with Gasteiger partial charge in [0.2, 0.25) is 0 Å². The highest BCUT2D eigenvalue weighted by Gasteiger charge is 2.31. The summed E-state index contributed by atoms with van der Waals surface area (Å²) in [5, 5.41) is 0. The fourth-order valence-corrected chi connectivity index (χ4v) is 4.07. The quantitative estimate of drug-likeness (QED) is 0.772. The summed E-state index contributed by atoms with van der Waals surface area (Å²) in [6, 6.07) is 3.65. The zero-order valence-corrected chi connectivity index (χ0v) is 15.9. The zero-order valence-electron chi connectivity index (χ0n) is 15.9.